The molecule has 2 atom stereocenters. The van der Waals surface area contributed by atoms with E-state index in [-0.39, 0.29) is 5.25 Å². The molecule has 0 spiro atoms. The van der Waals surface area contributed by atoms with E-state index in [4.69, 9.17) is 5.26 Å². The molecule has 0 aliphatic rings. The summed E-state index contributed by atoms with van der Waals surface area (Å²) >= 11 is 0. The van der Waals surface area contributed by atoms with Gasteiger partial charge >= 0.3 is 0 Å². The normalized spacial score (nSPS) is 14.2. The summed E-state index contributed by atoms with van der Waals surface area (Å²) in [4.78, 5) is 0. The Morgan fingerprint density at radius 3 is 2.47 bits per heavy atom. The Kier molecular flexibility index (Phi) is 5.93. The first-order valence-electron chi connectivity index (χ1n) is 5.94. The van der Waals surface area contributed by atoms with Gasteiger partial charge in [0.1, 0.15) is 0 Å². The number of benzene rings is 1. The zero-order chi connectivity index (χ0) is 12.7. The predicted octanol–water partition coefficient (Wildman–Crippen LogP) is 3.44. The third-order valence-corrected chi connectivity index (χ3v) is 4.37. The van der Waals surface area contributed by atoms with E-state index in [0.29, 0.717) is 18.1 Å². The molecule has 0 N–H and O–H groups in total. The van der Waals surface area contributed by atoms with Crippen molar-refractivity contribution in [1.29, 1.82) is 5.26 Å². The summed E-state index contributed by atoms with van der Waals surface area (Å²) in [5.41, 5.74) is 1.01. The van der Waals surface area contributed by atoms with E-state index in [0.717, 1.165) is 12.0 Å². The molecule has 17 heavy (non-hydrogen) atoms. The van der Waals surface area contributed by atoms with Crippen molar-refractivity contribution in [1.82, 2.24) is 0 Å². The molecular weight excluding hydrogens is 230 g/mol. The fourth-order valence-corrected chi connectivity index (χ4v) is 3.32. The van der Waals surface area contributed by atoms with Gasteiger partial charge in [-0.1, -0.05) is 44.2 Å². The minimum atomic E-state index is -0.952. The first-order valence-corrected chi connectivity index (χ1v) is 7.32. The molecule has 0 aliphatic carbocycles. The second-order valence-corrected chi connectivity index (χ2v) is 6.27. The fraction of sp³-hybridized carbons (Fsp3) is 0.500. The van der Waals surface area contributed by atoms with Crippen LogP contribution in [0.15, 0.2) is 30.3 Å². The molecule has 92 valence electrons. The molecule has 0 fully saturated rings. The lowest BCUT2D eigenvalue weighted by Crippen LogP contribution is -2.11. The van der Waals surface area contributed by atoms with Crippen LogP contribution in [0.1, 0.15) is 37.5 Å². The summed E-state index contributed by atoms with van der Waals surface area (Å²) < 4.78 is 12.2. The predicted molar refractivity (Wildman–Crippen MR) is 71.9 cm³/mol. The van der Waals surface area contributed by atoms with E-state index < -0.39 is 10.8 Å². The van der Waals surface area contributed by atoms with Crippen LogP contribution in [0.3, 0.4) is 0 Å². The average molecular weight is 249 g/mol. The second-order valence-electron chi connectivity index (χ2n) is 4.53. The number of nitriles is 1. The maximum absolute atomic E-state index is 12.2. The SMILES string of the molecule is CC(C)CCS(=O)C(CC#N)c1ccccc1. The van der Waals surface area contributed by atoms with E-state index in [1.54, 1.807) is 0 Å². The molecule has 1 rings (SSSR count). The van der Waals surface area contributed by atoms with Gasteiger partial charge in [0.25, 0.3) is 0 Å². The van der Waals surface area contributed by atoms with E-state index in [1.807, 2.05) is 30.3 Å². The molecule has 0 amide bonds. The quantitative estimate of drug-likeness (QED) is 0.775. The van der Waals surface area contributed by atoms with E-state index in [1.165, 1.54) is 0 Å². The Morgan fingerprint density at radius 1 is 1.29 bits per heavy atom. The summed E-state index contributed by atoms with van der Waals surface area (Å²) in [6.45, 7) is 4.25. The molecular formula is C14H19NOS. The van der Waals surface area contributed by atoms with Crippen LogP contribution >= 0.6 is 0 Å². The van der Waals surface area contributed by atoms with Crippen molar-refractivity contribution in [3.05, 3.63) is 35.9 Å². The average Bonchev–Trinajstić information content (AvgIpc) is 2.34. The lowest BCUT2D eigenvalue weighted by molar-refractivity contribution is 0.615. The van der Waals surface area contributed by atoms with Crippen molar-refractivity contribution >= 4 is 10.8 Å². The minimum Gasteiger partial charge on any atom is -0.259 e. The van der Waals surface area contributed by atoms with Crippen LogP contribution in [-0.2, 0) is 10.8 Å². The highest BCUT2D eigenvalue weighted by molar-refractivity contribution is 7.85. The van der Waals surface area contributed by atoms with Gasteiger partial charge in [-0.3, -0.25) is 4.21 Å². The van der Waals surface area contributed by atoms with E-state index in [9.17, 15) is 4.21 Å². The van der Waals surface area contributed by atoms with Crippen molar-refractivity contribution in [2.24, 2.45) is 5.92 Å². The smallest absolute Gasteiger partial charge is 0.0726 e. The van der Waals surface area contributed by atoms with Crippen molar-refractivity contribution in [3.8, 4) is 6.07 Å². The molecule has 2 unspecified atom stereocenters. The highest BCUT2D eigenvalue weighted by Crippen LogP contribution is 2.24. The summed E-state index contributed by atoms with van der Waals surface area (Å²) in [6, 6.07) is 11.8. The molecule has 3 heteroatoms. The van der Waals surface area contributed by atoms with Gasteiger partial charge in [0.15, 0.2) is 0 Å². The number of nitrogens with zero attached hydrogens (tertiary/aromatic N) is 1. The largest absolute Gasteiger partial charge is 0.259 e. The third kappa shape index (κ3) is 4.70. The highest BCUT2D eigenvalue weighted by Gasteiger charge is 2.18. The zero-order valence-electron chi connectivity index (χ0n) is 10.4. The molecule has 0 bridgehead atoms. The summed E-state index contributed by atoms with van der Waals surface area (Å²) in [7, 11) is -0.952. The molecule has 0 saturated carbocycles. The number of hydrogen-bond donors (Lipinski definition) is 0. The van der Waals surface area contributed by atoms with Crippen molar-refractivity contribution in [2.45, 2.75) is 31.9 Å². The van der Waals surface area contributed by atoms with Gasteiger partial charge in [-0.2, -0.15) is 5.26 Å². The molecule has 0 aliphatic heterocycles. The maximum atomic E-state index is 12.2. The van der Waals surface area contributed by atoms with Crippen LogP contribution in [0.5, 0.6) is 0 Å². The van der Waals surface area contributed by atoms with Gasteiger partial charge in [0.05, 0.1) is 17.7 Å². The first kappa shape index (κ1) is 13.9. The van der Waals surface area contributed by atoms with Gasteiger partial charge in [-0.15, -0.1) is 0 Å². The Bertz CT molecular complexity index is 394. The standard InChI is InChI=1S/C14H19NOS/c1-12(2)9-11-17(16)14(8-10-15)13-6-4-3-5-7-13/h3-7,12,14H,8-9,11H2,1-2H3. The molecule has 0 aromatic heterocycles. The minimum absolute atomic E-state index is 0.139. The van der Waals surface area contributed by atoms with Gasteiger partial charge in [-0.05, 0) is 17.9 Å². The third-order valence-electron chi connectivity index (χ3n) is 2.66. The van der Waals surface area contributed by atoms with Crippen molar-refractivity contribution in [2.75, 3.05) is 5.75 Å². The fourth-order valence-electron chi connectivity index (χ4n) is 1.61. The van der Waals surface area contributed by atoms with E-state index >= 15 is 0 Å². The first-order chi connectivity index (χ1) is 8.15. The van der Waals surface area contributed by atoms with Gasteiger partial charge < -0.3 is 0 Å². The van der Waals surface area contributed by atoms with Gasteiger partial charge in [-0.25, -0.2) is 0 Å². The summed E-state index contributed by atoms with van der Waals surface area (Å²) in [5, 5.41) is 8.70. The van der Waals surface area contributed by atoms with Crippen LogP contribution in [0.4, 0.5) is 0 Å². The van der Waals surface area contributed by atoms with Gasteiger partial charge in [0.2, 0.25) is 0 Å². The molecule has 1 aromatic carbocycles. The second kappa shape index (κ2) is 7.24. The maximum Gasteiger partial charge on any atom is 0.0726 e. The van der Waals surface area contributed by atoms with Crippen LogP contribution in [-0.4, -0.2) is 9.96 Å². The molecule has 1 aromatic rings. The highest BCUT2D eigenvalue weighted by atomic mass is 32.2. The van der Waals surface area contributed by atoms with Gasteiger partial charge in [0, 0.05) is 16.6 Å². The Morgan fingerprint density at radius 2 is 1.94 bits per heavy atom. The van der Waals surface area contributed by atoms with Crippen LogP contribution in [0.2, 0.25) is 0 Å². The number of rotatable bonds is 6. The van der Waals surface area contributed by atoms with Crippen LogP contribution in [0.25, 0.3) is 0 Å². The van der Waals surface area contributed by atoms with Crippen molar-refractivity contribution in [3.63, 3.8) is 0 Å². The zero-order valence-corrected chi connectivity index (χ0v) is 11.2. The van der Waals surface area contributed by atoms with E-state index in [2.05, 4.69) is 19.9 Å². The monoisotopic (exact) mass is 249 g/mol. The Labute approximate surface area is 106 Å². The summed E-state index contributed by atoms with van der Waals surface area (Å²) in [5.74, 6) is 1.23. The molecule has 0 radical (unpaired) electrons. The molecule has 2 nitrogen and oxygen atoms in total. The van der Waals surface area contributed by atoms with Crippen LogP contribution < -0.4 is 0 Å². The Balaban J connectivity index is 2.73. The van der Waals surface area contributed by atoms with Crippen molar-refractivity contribution < 1.29 is 4.21 Å². The Hall–Kier alpha value is -1.14. The van der Waals surface area contributed by atoms with Crippen LogP contribution in [0, 0.1) is 17.2 Å². The lowest BCUT2D eigenvalue weighted by Gasteiger charge is -2.14. The lowest BCUT2D eigenvalue weighted by atomic mass is 10.1. The topological polar surface area (TPSA) is 40.9 Å². The molecule has 0 saturated heterocycles. The summed E-state index contributed by atoms with van der Waals surface area (Å²) in [6.07, 6.45) is 1.27. The number of hydrogen-bond acceptors (Lipinski definition) is 2. The molecule has 0 heterocycles.